The number of pyridine rings is 1. The lowest BCUT2D eigenvalue weighted by molar-refractivity contribution is 0.102. The average Bonchev–Trinajstić information content (AvgIpc) is 2.94. The van der Waals surface area contributed by atoms with Crippen LogP contribution in [-0.4, -0.2) is 16.0 Å². The molecule has 0 saturated carbocycles. The number of rotatable bonds is 4. The molecule has 1 aromatic carbocycles. The maximum absolute atomic E-state index is 12.1. The van der Waals surface area contributed by atoms with Crippen molar-refractivity contribution in [3.63, 3.8) is 0 Å². The summed E-state index contributed by atoms with van der Waals surface area (Å²) in [5, 5.41) is 9.65. The number of hydrogen-bond acceptors (Lipinski definition) is 5. The lowest BCUT2D eigenvalue weighted by atomic mass is 10.3. The van der Waals surface area contributed by atoms with Crippen molar-refractivity contribution in [2.45, 2.75) is 6.92 Å². The number of carbonyl (C=O) groups is 1. The van der Waals surface area contributed by atoms with Gasteiger partial charge in [0.2, 0.25) is 0 Å². The highest BCUT2D eigenvalue weighted by Crippen LogP contribution is 2.16. The summed E-state index contributed by atoms with van der Waals surface area (Å²) in [5.74, 6) is 1.06. The van der Waals surface area contributed by atoms with E-state index in [0.29, 0.717) is 17.3 Å². The van der Waals surface area contributed by atoms with E-state index in [4.69, 9.17) is 4.52 Å². The second kappa shape index (κ2) is 6.09. The Kier molecular flexibility index (Phi) is 3.82. The first-order valence-electron chi connectivity index (χ1n) is 6.73. The van der Waals surface area contributed by atoms with Gasteiger partial charge in [-0.25, -0.2) is 4.98 Å². The van der Waals surface area contributed by atoms with E-state index < -0.39 is 0 Å². The van der Waals surface area contributed by atoms with E-state index in [9.17, 15) is 4.79 Å². The molecule has 0 spiro atoms. The summed E-state index contributed by atoms with van der Waals surface area (Å²) < 4.78 is 4.97. The SMILES string of the molecule is Cc1cc(Nc2ccc(C(=O)Nc3ccccc3)nc2)no1. The molecule has 6 nitrogen and oxygen atoms in total. The minimum absolute atomic E-state index is 0.255. The van der Waals surface area contributed by atoms with Crippen molar-refractivity contribution in [2.24, 2.45) is 0 Å². The normalized spacial score (nSPS) is 10.2. The lowest BCUT2D eigenvalue weighted by Crippen LogP contribution is -2.13. The molecule has 2 N–H and O–H groups in total. The molecule has 0 aliphatic rings. The zero-order valence-electron chi connectivity index (χ0n) is 11.9. The Morgan fingerprint density at radius 1 is 1.09 bits per heavy atom. The number of aromatic nitrogens is 2. The monoisotopic (exact) mass is 294 g/mol. The van der Waals surface area contributed by atoms with Crippen LogP contribution in [0.25, 0.3) is 0 Å². The minimum Gasteiger partial charge on any atom is -0.360 e. The van der Waals surface area contributed by atoms with E-state index in [1.807, 2.05) is 37.3 Å². The molecular formula is C16H14N4O2. The van der Waals surface area contributed by atoms with E-state index in [1.54, 1.807) is 24.4 Å². The van der Waals surface area contributed by atoms with E-state index in [-0.39, 0.29) is 5.91 Å². The molecule has 3 aromatic rings. The largest absolute Gasteiger partial charge is 0.360 e. The Morgan fingerprint density at radius 2 is 1.91 bits per heavy atom. The lowest BCUT2D eigenvalue weighted by Gasteiger charge is -2.05. The standard InChI is InChI=1S/C16H14N4O2/c1-11-9-15(20-22-11)18-13-7-8-14(17-10-13)16(21)19-12-5-3-2-4-6-12/h2-10H,1H3,(H,18,20)(H,19,21). The third kappa shape index (κ3) is 3.29. The van der Waals surface area contributed by atoms with Gasteiger partial charge in [-0.15, -0.1) is 0 Å². The zero-order chi connectivity index (χ0) is 15.4. The van der Waals surface area contributed by atoms with E-state index >= 15 is 0 Å². The summed E-state index contributed by atoms with van der Waals surface area (Å²) in [4.78, 5) is 16.2. The molecule has 0 atom stereocenters. The van der Waals surface area contributed by atoms with Crippen molar-refractivity contribution in [1.29, 1.82) is 0 Å². The molecule has 3 rings (SSSR count). The summed E-state index contributed by atoms with van der Waals surface area (Å²) in [7, 11) is 0. The van der Waals surface area contributed by atoms with Crippen molar-refractivity contribution >= 4 is 23.1 Å². The maximum Gasteiger partial charge on any atom is 0.274 e. The molecule has 6 heteroatoms. The van der Waals surface area contributed by atoms with Crippen molar-refractivity contribution < 1.29 is 9.32 Å². The highest BCUT2D eigenvalue weighted by Gasteiger charge is 2.08. The maximum atomic E-state index is 12.1. The van der Waals surface area contributed by atoms with Gasteiger partial charge in [-0.3, -0.25) is 4.79 Å². The predicted molar refractivity (Wildman–Crippen MR) is 83.2 cm³/mol. The quantitative estimate of drug-likeness (QED) is 0.771. The summed E-state index contributed by atoms with van der Waals surface area (Å²) >= 11 is 0. The van der Waals surface area contributed by atoms with Crippen molar-refractivity contribution in [3.8, 4) is 0 Å². The Hall–Kier alpha value is -3.15. The van der Waals surface area contributed by atoms with Gasteiger partial charge < -0.3 is 15.2 Å². The van der Waals surface area contributed by atoms with Crippen LogP contribution >= 0.6 is 0 Å². The van der Waals surface area contributed by atoms with Crippen LogP contribution in [0.3, 0.4) is 0 Å². The molecule has 0 aliphatic heterocycles. The Morgan fingerprint density at radius 3 is 2.55 bits per heavy atom. The number of aryl methyl sites for hydroxylation is 1. The minimum atomic E-state index is -0.255. The Bertz CT molecular complexity index is 766. The Balaban J connectivity index is 1.67. The van der Waals surface area contributed by atoms with Gasteiger partial charge in [-0.2, -0.15) is 0 Å². The molecule has 1 amide bonds. The van der Waals surface area contributed by atoms with E-state index in [2.05, 4.69) is 20.8 Å². The molecule has 0 unspecified atom stereocenters. The van der Waals surface area contributed by atoms with Crippen LogP contribution in [0.4, 0.5) is 17.2 Å². The molecule has 0 fully saturated rings. The van der Waals surface area contributed by atoms with Gasteiger partial charge in [0.15, 0.2) is 5.82 Å². The molecule has 0 radical (unpaired) electrons. The van der Waals surface area contributed by atoms with Gasteiger partial charge in [0.25, 0.3) is 5.91 Å². The fourth-order valence-electron chi connectivity index (χ4n) is 1.89. The first-order chi connectivity index (χ1) is 10.7. The van der Waals surface area contributed by atoms with Gasteiger partial charge in [0.1, 0.15) is 11.5 Å². The smallest absolute Gasteiger partial charge is 0.274 e. The summed E-state index contributed by atoms with van der Waals surface area (Å²) in [6.07, 6.45) is 1.57. The molecule has 0 saturated heterocycles. The molecule has 22 heavy (non-hydrogen) atoms. The molecular weight excluding hydrogens is 280 g/mol. The number of amides is 1. The number of nitrogens with one attached hydrogen (secondary N) is 2. The summed E-state index contributed by atoms with van der Waals surface area (Å²) in [5.41, 5.74) is 1.80. The first-order valence-corrected chi connectivity index (χ1v) is 6.73. The molecule has 0 aliphatic carbocycles. The number of carbonyl (C=O) groups excluding carboxylic acids is 1. The van der Waals surface area contributed by atoms with Crippen LogP contribution in [0.2, 0.25) is 0 Å². The summed E-state index contributed by atoms with van der Waals surface area (Å²) in [6.45, 7) is 1.81. The molecule has 2 aromatic heterocycles. The number of hydrogen-bond donors (Lipinski definition) is 2. The van der Waals surface area contributed by atoms with Crippen molar-refractivity contribution in [3.05, 3.63) is 66.2 Å². The first kappa shape index (κ1) is 13.8. The van der Waals surface area contributed by atoms with Crippen LogP contribution < -0.4 is 10.6 Å². The third-order valence-electron chi connectivity index (χ3n) is 2.93. The zero-order valence-corrected chi connectivity index (χ0v) is 11.9. The van der Waals surface area contributed by atoms with Crippen LogP contribution in [0.15, 0.2) is 59.3 Å². The number of nitrogens with zero attached hydrogens (tertiary/aromatic N) is 2. The van der Waals surface area contributed by atoms with Gasteiger partial charge in [-0.1, -0.05) is 23.4 Å². The number of anilines is 3. The van der Waals surface area contributed by atoms with E-state index in [1.165, 1.54) is 0 Å². The molecule has 2 heterocycles. The van der Waals surface area contributed by atoms with Crippen LogP contribution in [-0.2, 0) is 0 Å². The number of para-hydroxylation sites is 1. The van der Waals surface area contributed by atoms with Crippen LogP contribution in [0.5, 0.6) is 0 Å². The van der Waals surface area contributed by atoms with Crippen LogP contribution in [0, 0.1) is 6.92 Å². The topological polar surface area (TPSA) is 80.0 Å². The van der Waals surface area contributed by atoms with Gasteiger partial charge in [0.05, 0.1) is 11.9 Å². The van der Waals surface area contributed by atoms with Crippen molar-refractivity contribution in [2.75, 3.05) is 10.6 Å². The highest BCUT2D eigenvalue weighted by molar-refractivity contribution is 6.02. The summed E-state index contributed by atoms with van der Waals surface area (Å²) in [6, 6.07) is 14.4. The third-order valence-corrected chi connectivity index (χ3v) is 2.93. The Labute approximate surface area is 127 Å². The van der Waals surface area contributed by atoms with E-state index in [0.717, 1.165) is 11.4 Å². The van der Waals surface area contributed by atoms with Crippen LogP contribution in [0.1, 0.15) is 16.2 Å². The fourth-order valence-corrected chi connectivity index (χ4v) is 1.89. The second-order valence-corrected chi connectivity index (χ2v) is 4.70. The van der Waals surface area contributed by atoms with Gasteiger partial charge in [0, 0.05) is 11.8 Å². The predicted octanol–water partition coefficient (Wildman–Crippen LogP) is 3.37. The molecule has 110 valence electrons. The number of benzene rings is 1. The fraction of sp³-hybridized carbons (Fsp3) is 0.0625. The van der Waals surface area contributed by atoms with Crippen molar-refractivity contribution in [1.82, 2.24) is 10.1 Å². The highest BCUT2D eigenvalue weighted by atomic mass is 16.5. The second-order valence-electron chi connectivity index (χ2n) is 4.70. The van der Waals surface area contributed by atoms with Gasteiger partial charge >= 0.3 is 0 Å². The molecule has 0 bridgehead atoms. The average molecular weight is 294 g/mol. The van der Waals surface area contributed by atoms with Gasteiger partial charge in [-0.05, 0) is 31.2 Å².